The molecule has 2 aromatic rings. The van der Waals surface area contributed by atoms with Crippen molar-refractivity contribution in [1.82, 2.24) is 10.2 Å². The van der Waals surface area contributed by atoms with E-state index >= 15 is 0 Å². The lowest BCUT2D eigenvalue weighted by atomic mass is 9.99. The van der Waals surface area contributed by atoms with Crippen molar-refractivity contribution in [3.8, 4) is 0 Å². The minimum Gasteiger partial charge on any atom is -0.371 e. The fourth-order valence-electron chi connectivity index (χ4n) is 4.08. The van der Waals surface area contributed by atoms with E-state index in [2.05, 4.69) is 66.5 Å². The number of benzene rings is 1. The third kappa shape index (κ3) is 5.90. The molecular formula is C24H36N2OS. The van der Waals surface area contributed by atoms with E-state index in [0.29, 0.717) is 5.92 Å². The Balaban J connectivity index is 1.64. The van der Waals surface area contributed by atoms with Gasteiger partial charge in [-0.1, -0.05) is 63.4 Å². The molecule has 0 amide bonds. The Bertz CT molecular complexity index is 694. The first-order valence-electron chi connectivity index (χ1n) is 10.9. The predicted octanol–water partition coefficient (Wildman–Crippen LogP) is 5.46. The highest BCUT2D eigenvalue weighted by molar-refractivity contribution is 7.12. The van der Waals surface area contributed by atoms with Crippen molar-refractivity contribution in [2.45, 2.75) is 70.6 Å². The molecule has 1 saturated heterocycles. The van der Waals surface area contributed by atoms with Crippen LogP contribution in [-0.4, -0.2) is 29.6 Å². The molecule has 4 heteroatoms. The summed E-state index contributed by atoms with van der Waals surface area (Å²) in [5, 5.41) is 14.9. The summed E-state index contributed by atoms with van der Waals surface area (Å²) in [6.45, 7) is 8.55. The van der Waals surface area contributed by atoms with Crippen LogP contribution in [0.15, 0.2) is 42.5 Å². The molecule has 0 saturated carbocycles. The van der Waals surface area contributed by atoms with E-state index < -0.39 is 5.72 Å². The molecule has 2 unspecified atom stereocenters. The molecule has 3 nitrogen and oxygen atoms in total. The fourth-order valence-corrected chi connectivity index (χ4v) is 5.23. The Morgan fingerprint density at radius 1 is 1.07 bits per heavy atom. The molecule has 3 rings (SSSR count). The second-order valence-corrected chi connectivity index (χ2v) is 9.43. The molecule has 2 atom stereocenters. The van der Waals surface area contributed by atoms with Gasteiger partial charge in [0, 0.05) is 18.0 Å². The zero-order valence-corrected chi connectivity index (χ0v) is 18.3. The summed E-state index contributed by atoms with van der Waals surface area (Å²) in [7, 11) is 0. The summed E-state index contributed by atoms with van der Waals surface area (Å²) in [5.74, 6) is 0.362. The van der Waals surface area contributed by atoms with E-state index in [1.807, 2.05) is 0 Å². The lowest BCUT2D eigenvalue weighted by molar-refractivity contribution is -0.00631. The number of nitrogens with zero attached hydrogens (tertiary/aromatic N) is 1. The van der Waals surface area contributed by atoms with Gasteiger partial charge in [-0.3, -0.25) is 10.2 Å². The Hall–Kier alpha value is -1.20. The molecule has 0 spiro atoms. The third-order valence-electron chi connectivity index (χ3n) is 5.83. The monoisotopic (exact) mass is 400 g/mol. The third-order valence-corrected chi connectivity index (χ3v) is 7.05. The average molecular weight is 401 g/mol. The summed E-state index contributed by atoms with van der Waals surface area (Å²) in [6.07, 6.45) is 7.05. The van der Waals surface area contributed by atoms with Gasteiger partial charge in [-0.05, 0) is 56.0 Å². The maximum atomic E-state index is 11.4. The van der Waals surface area contributed by atoms with Gasteiger partial charge in [-0.25, -0.2) is 0 Å². The fraction of sp³-hybridized carbons (Fsp3) is 0.583. The van der Waals surface area contributed by atoms with Crippen molar-refractivity contribution >= 4 is 11.3 Å². The number of thiophene rings is 1. The van der Waals surface area contributed by atoms with Crippen LogP contribution in [-0.2, 0) is 12.3 Å². The number of likely N-dealkylation sites (tertiary alicyclic amines) is 1. The van der Waals surface area contributed by atoms with Crippen molar-refractivity contribution in [3.05, 3.63) is 57.8 Å². The van der Waals surface area contributed by atoms with E-state index in [1.54, 1.807) is 11.3 Å². The van der Waals surface area contributed by atoms with Crippen molar-refractivity contribution in [3.63, 3.8) is 0 Å². The normalized spacial score (nSPS) is 19.1. The molecule has 0 bridgehead atoms. The molecule has 1 aliphatic heterocycles. The largest absolute Gasteiger partial charge is 0.371 e. The molecule has 154 valence electrons. The molecular weight excluding hydrogens is 364 g/mol. The quantitative estimate of drug-likeness (QED) is 0.548. The minimum absolute atomic E-state index is 0.362. The van der Waals surface area contributed by atoms with Gasteiger partial charge in [0.1, 0.15) is 0 Å². The molecule has 1 aromatic carbocycles. The molecule has 1 fully saturated rings. The second-order valence-electron chi connectivity index (χ2n) is 8.26. The SMILES string of the molecule is CCCC(O)(NCC(C)c1ccccc1)c1ccc(CN2CCCCCC2)s1. The smallest absolute Gasteiger partial charge is 0.151 e. The minimum atomic E-state index is -0.931. The Kier molecular flexibility index (Phi) is 8.10. The molecule has 2 heterocycles. The Morgan fingerprint density at radius 3 is 2.46 bits per heavy atom. The van der Waals surface area contributed by atoms with Gasteiger partial charge < -0.3 is 5.11 Å². The molecule has 0 aliphatic carbocycles. The van der Waals surface area contributed by atoms with Crippen molar-refractivity contribution in [2.75, 3.05) is 19.6 Å². The van der Waals surface area contributed by atoms with Crippen LogP contribution in [0.4, 0.5) is 0 Å². The molecule has 1 aromatic heterocycles. The highest BCUT2D eigenvalue weighted by Gasteiger charge is 2.30. The number of hydrogen-bond donors (Lipinski definition) is 2. The molecule has 2 N–H and O–H groups in total. The summed E-state index contributed by atoms with van der Waals surface area (Å²) in [6, 6.07) is 14.9. The highest BCUT2D eigenvalue weighted by atomic mass is 32.1. The van der Waals surface area contributed by atoms with Crippen molar-refractivity contribution in [1.29, 1.82) is 0 Å². The standard InChI is InChI=1S/C24H36N2OS/c1-3-15-24(27,25-18-20(2)21-11-7-6-8-12-21)23-14-13-22(28-23)19-26-16-9-4-5-10-17-26/h6-8,11-14,20,25,27H,3-5,9-10,15-19H2,1-2H3. The topological polar surface area (TPSA) is 35.5 Å². The van der Waals surface area contributed by atoms with Gasteiger partial charge in [-0.2, -0.15) is 0 Å². The van der Waals surface area contributed by atoms with E-state index in [9.17, 15) is 5.11 Å². The Labute approximate surface area is 174 Å². The maximum absolute atomic E-state index is 11.4. The van der Waals surface area contributed by atoms with E-state index in [1.165, 1.54) is 49.2 Å². The predicted molar refractivity (Wildman–Crippen MR) is 120 cm³/mol. The van der Waals surface area contributed by atoms with Gasteiger partial charge in [0.05, 0.1) is 4.88 Å². The maximum Gasteiger partial charge on any atom is 0.151 e. The molecule has 1 aliphatic rings. The van der Waals surface area contributed by atoms with Crippen LogP contribution >= 0.6 is 11.3 Å². The van der Waals surface area contributed by atoms with Crippen LogP contribution in [0.1, 0.15) is 73.6 Å². The van der Waals surface area contributed by atoms with E-state index in [-0.39, 0.29) is 0 Å². The lowest BCUT2D eigenvalue weighted by Gasteiger charge is -2.30. The van der Waals surface area contributed by atoms with Crippen LogP contribution < -0.4 is 5.32 Å². The van der Waals surface area contributed by atoms with Crippen LogP contribution in [0.5, 0.6) is 0 Å². The first kappa shape index (κ1) is 21.5. The van der Waals surface area contributed by atoms with Crippen LogP contribution in [0.3, 0.4) is 0 Å². The average Bonchev–Trinajstić information content (AvgIpc) is 3.04. The first-order chi connectivity index (χ1) is 13.6. The number of aliphatic hydroxyl groups is 1. The zero-order chi connectivity index (χ0) is 19.8. The summed E-state index contributed by atoms with van der Waals surface area (Å²) < 4.78 is 0. The highest BCUT2D eigenvalue weighted by Crippen LogP contribution is 2.32. The van der Waals surface area contributed by atoms with Gasteiger partial charge in [0.25, 0.3) is 0 Å². The van der Waals surface area contributed by atoms with Crippen molar-refractivity contribution < 1.29 is 5.11 Å². The summed E-state index contributed by atoms with van der Waals surface area (Å²) in [5.41, 5.74) is 0.376. The number of nitrogens with one attached hydrogen (secondary N) is 1. The van der Waals surface area contributed by atoms with Gasteiger partial charge >= 0.3 is 0 Å². The molecule has 28 heavy (non-hydrogen) atoms. The zero-order valence-electron chi connectivity index (χ0n) is 17.5. The first-order valence-corrected chi connectivity index (χ1v) is 11.8. The van der Waals surface area contributed by atoms with Gasteiger partial charge in [0.2, 0.25) is 0 Å². The number of hydrogen-bond acceptors (Lipinski definition) is 4. The van der Waals surface area contributed by atoms with Crippen LogP contribution in [0.2, 0.25) is 0 Å². The van der Waals surface area contributed by atoms with Crippen LogP contribution in [0.25, 0.3) is 0 Å². The van der Waals surface area contributed by atoms with Crippen molar-refractivity contribution in [2.24, 2.45) is 0 Å². The summed E-state index contributed by atoms with van der Waals surface area (Å²) >= 11 is 1.77. The number of rotatable bonds is 9. The van der Waals surface area contributed by atoms with Gasteiger partial charge in [-0.15, -0.1) is 11.3 Å². The lowest BCUT2D eigenvalue weighted by Crippen LogP contribution is -2.43. The van der Waals surface area contributed by atoms with E-state index in [4.69, 9.17) is 0 Å². The van der Waals surface area contributed by atoms with Gasteiger partial charge in [0.15, 0.2) is 5.72 Å². The van der Waals surface area contributed by atoms with Crippen LogP contribution in [0, 0.1) is 0 Å². The van der Waals surface area contributed by atoms with E-state index in [0.717, 1.165) is 30.8 Å². The molecule has 0 radical (unpaired) electrons. The Morgan fingerprint density at radius 2 is 1.79 bits per heavy atom. The summed E-state index contributed by atoms with van der Waals surface area (Å²) in [4.78, 5) is 5.00. The second kappa shape index (κ2) is 10.5.